The van der Waals surface area contributed by atoms with Gasteiger partial charge in [0.25, 0.3) is 0 Å². The largest absolute Gasteiger partial charge is 0.508 e. The molecule has 0 saturated carbocycles. The second-order valence-corrected chi connectivity index (χ2v) is 22.5. The highest BCUT2D eigenvalue weighted by molar-refractivity contribution is 6.00. The molecule has 2 rings (SSSR count). The number of carbonyl (C=O) groups is 13. The molecule has 488 valence electrons. The van der Waals surface area contributed by atoms with Crippen LogP contribution in [-0.2, 0) is 75.2 Å². The Bertz CT molecular complexity index is 2760. The Morgan fingerprint density at radius 3 is 1.20 bits per heavy atom. The molecule has 0 heterocycles. The van der Waals surface area contributed by atoms with Gasteiger partial charge in [-0.25, -0.2) is 4.79 Å². The fourth-order valence-electron chi connectivity index (χ4n) is 8.68. The number of amides is 10. The molecule has 0 aliphatic carbocycles. The predicted octanol–water partition coefficient (Wildman–Crippen LogP) is -1.95. The summed E-state index contributed by atoms with van der Waals surface area (Å²) in [6.45, 7) is 14.3. The molecule has 30 nitrogen and oxygen atoms in total. The summed E-state index contributed by atoms with van der Waals surface area (Å²) in [6.07, 6.45) is -4.83. The second kappa shape index (κ2) is 36.3. The monoisotopic (exact) mass is 1240 g/mol. The average Bonchev–Trinajstić information content (AvgIpc) is 3.61. The molecule has 0 aromatic heterocycles. The Morgan fingerprint density at radius 2 is 0.795 bits per heavy atom. The van der Waals surface area contributed by atoms with Gasteiger partial charge in [0.1, 0.15) is 65.9 Å². The number of rotatable bonds is 38. The third-order valence-electron chi connectivity index (χ3n) is 14.3. The van der Waals surface area contributed by atoms with Crippen molar-refractivity contribution in [3.8, 4) is 11.5 Å². The fraction of sp³-hybridized carbons (Fsp3) is 0.569. The molecule has 0 bridgehead atoms. The molecule has 0 aliphatic heterocycles. The predicted molar refractivity (Wildman–Crippen MR) is 314 cm³/mol. The molecule has 10 amide bonds. The molecule has 2 aromatic rings. The zero-order chi connectivity index (χ0) is 66.9. The smallest absolute Gasteiger partial charge is 0.326 e. The van der Waals surface area contributed by atoms with E-state index in [9.17, 15) is 93.0 Å². The van der Waals surface area contributed by atoms with Gasteiger partial charge in [0.05, 0.1) is 25.0 Å². The van der Waals surface area contributed by atoms with Gasteiger partial charge in [-0.1, -0.05) is 92.5 Å². The summed E-state index contributed by atoms with van der Waals surface area (Å²) in [5.74, 6) is -17.9. The van der Waals surface area contributed by atoms with E-state index in [0.29, 0.717) is 17.5 Å². The van der Waals surface area contributed by atoms with Crippen LogP contribution >= 0.6 is 0 Å². The molecule has 0 fully saturated rings. The summed E-state index contributed by atoms with van der Waals surface area (Å²) >= 11 is 0. The van der Waals surface area contributed by atoms with Gasteiger partial charge >= 0.3 is 17.9 Å². The van der Waals surface area contributed by atoms with Crippen molar-refractivity contribution in [2.75, 3.05) is 0 Å². The van der Waals surface area contributed by atoms with Gasteiger partial charge in [0, 0.05) is 19.3 Å². The van der Waals surface area contributed by atoms with Crippen molar-refractivity contribution in [3.63, 3.8) is 0 Å². The van der Waals surface area contributed by atoms with Crippen molar-refractivity contribution in [2.45, 2.75) is 187 Å². The first-order valence-electron chi connectivity index (χ1n) is 28.8. The van der Waals surface area contributed by atoms with E-state index in [1.54, 1.807) is 41.5 Å². The van der Waals surface area contributed by atoms with Crippen LogP contribution < -0.4 is 59.3 Å². The van der Waals surface area contributed by atoms with Crippen LogP contribution in [0.1, 0.15) is 118 Å². The lowest BCUT2D eigenvalue weighted by Gasteiger charge is -2.30. The fourth-order valence-corrected chi connectivity index (χ4v) is 8.68. The van der Waals surface area contributed by atoms with Crippen LogP contribution in [0.15, 0.2) is 48.5 Å². The van der Waals surface area contributed by atoms with Crippen molar-refractivity contribution in [1.82, 2.24) is 47.9 Å². The number of phenolic OH excluding ortho intramolecular Hbond substituents is 2. The Morgan fingerprint density at radius 1 is 0.443 bits per heavy atom. The molecular weight excluding hydrogens is 1150 g/mol. The number of aliphatic hydroxyl groups is 1. The van der Waals surface area contributed by atoms with Crippen LogP contribution in [0, 0.1) is 23.7 Å². The number of aromatic hydroxyl groups is 2. The molecule has 0 saturated heterocycles. The molecule has 0 radical (unpaired) electrons. The van der Waals surface area contributed by atoms with Gasteiger partial charge in [0.15, 0.2) is 0 Å². The molecular formula is C58H87N11O19. The van der Waals surface area contributed by atoms with Gasteiger partial charge < -0.3 is 90.0 Å². The van der Waals surface area contributed by atoms with Crippen LogP contribution in [0.5, 0.6) is 11.5 Å². The minimum atomic E-state index is -2.05. The van der Waals surface area contributed by atoms with Gasteiger partial charge in [-0.05, 0) is 78.8 Å². The number of carboxylic acids is 3. The van der Waals surface area contributed by atoms with E-state index in [4.69, 9.17) is 11.5 Å². The number of phenols is 2. The Hall–Kier alpha value is -8.93. The quantitative estimate of drug-likeness (QED) is 0.0347. The first kappa shape index (κ1) is 75.2. The molecule has 0 unspecified atom stereocenters. The highest BCUT2D eigenvalue weighted by Crippen LogP contribution is 2.17. The van der Waals surface area contributed by atoms with E-state index in [0.717, 1.165) is 0 Å². The Balaban J connectivity index is 2.62. The van der Waals surface area contributed by atoms with E-state index < -0.39 is 187 Å². The topological polar surface area (TPSA) is 504 Å². The van der Waals surface area contributed by atoms with Gasteiger partial charge in [-0.3, -0.25) is 57.5 Å². The molecule has 2 aromatic carbocycles. The molecule has 13 atom stereocenters. The minimum absolute atomic E-state index is 0.0929. The summed E-state index contributed by atoms with van der Waals surface area (Å²) < 4.78 is 0. The first-order chi connectivity index (χ1) is 41.1. The normalized spacial score (nSPS) is 15.6. The number of aliphatic hydroxyl groups excluding tert-OH is 1. The lowest BCUT2D eigenvalue weighted by Crippen LogP contribution is -2.62. The van der Waals surface area contributed by atoms with Gasteiger partial charge in [-0.15, -0.1) is 0 Å². The van der Waals surface area contributed by atoms with Crippen molar-refractivity contribution in [2.24, 2.45) is 35.1 Å². The highest BCUT2D eigenvalue weighted by atomic mass is 16.4. The number of benzene rings is 2. The number of hydrogen-bond donors (Lipinski definition) is 17. The summed E-state index contributed by atoms with van der Waals surface area (Å²) in [7, 11) is 0. The summed E-state index contributed by atoms with van der Waals surface area (Å²) in [4.78, 5) is 174. The number of primary amides is 1. The first-order valence-corrected chi connectivity index (χ1v) is 28.8. The number of hydrogen-bond acceptors (Lipinski definition) is 17. The number of aliphatic carboxylic acids is 3. The summed E-state index contributed by atoms with van der Waals surface area (Å²) in [5, 5.41) is 81.2. The van der Waals surface area contributed by atoms with Crippen molar-refractivity contribution < 1.29 is 93.0 Å². The Labute approximate surface area is 509 Å². The van der Waals surface area contributed by atoms with E-state index in [-0.39, 0.29) is 42.6 Å². The molecule has 0 aliphatic rings. The van der Waals surface area contributed by atoms with Crippen molar-refractivity contribution in [1.29, 1.82) is 0 Å². The van der Waals surface area contributed by atoms with Crippen LogP contribution in [0.2, 0.25) is 0 Å². The maximum absolute atomic E-state index is 14.6. The molecule has 19 N–H and O–H groups in total. The summed E-state index contributed by atoms with van der Waals surface area (Å²) in [6, 6.07) is -5.58. The third kappa shape index (κ3) is 25.6. The molecule has 88 heavy (non-hydrogen) atoms. The number of nitrogens with one attached hydrogen (secondary N) is 9. The van der Waals surface area contributed by atoms with E-state index in [2.05, 4.69) is 47.9 Å². The SMILES string of the molecule is CC[C@H](C)[C@H](N)C(=O)N[C@H](C(=O)N[C@H](C(=O)N[C@@H](Cc1ccc(O)cc1)C(=O)N[C@@H](CCC(N)=O)C(=O)N[C@@H](Cc1ccc(O)cc1)C(=O)N[C@H](C(=O)N[C@@H](CC(=O)O)C(=O)N[C@@H](CC(=O)O)C(=O)N[C@@H](CC(C)C)C(=O)O)C(C)C)[C@@H](C)CC)[C@@H](C)O. The molecule has 0 spiro atoms. The van der Waals surface area contributed by atoms with Crippen LogP contribution in [0.25, 0.3) is 0 Å². The van der Waals surface area contributed by atoms with E-state index >= 15 is 0 Å². The van der Waals surface area contributed by atoms with Gasteiger partial charge in [-0.2, -0.15) is 0 Å². The Kier molecular flexibility index (Phi) is 31.0. The van der Waals surface area contributed by atoms with Crippen LogP contribution in [-0.4, -0.2) is 174 Å². The second-order valence-electron chi connectivity index (χ2n) is 22.5. The zero-order valence-electron chi connectivity index (χ0n) is 50.8. The standard InChI is InChI=1S/C58H87N11O19/c1-10-29(7)45(60)54(83)69-48(31(9)70)57(86)68-47(30(8)11-2)56(85)64-37(23-32-12-16-34(71)17-13-32)50(79)61-36(20-21-42(59)73)49(78)62-38(24-33-14-18-35(72)19-15-33)53(82)67-46(28(5)6)55(84)65-40(26-44(76)77)51(80)63-39(25-43(74)75)52(81)66-41(58(87)88)22-27(3)4/h12-19,27-31,36-41,45-48,70-72H,10-11,20-26,60H2,1-9H3,(H2,59,73)(H,61,79)(H,62,78)(H,63,80)(H,64,85)(H,65,84)(H,66,81)(H,67,82)(H,68,86)(H,69,83)(H,74,75)(H,76,77)(H,87,88)/t29-,30-,31+,36-,37-,38-,39-,40-,41-,45-,46-,47-,48-/m0/s1. The lowest BCUT2D eigenvalue weighted by molar-refractivity contribution is -0.145. The number of nitrogens with two attached hydrogens (primary N) is 2. The molecule has 30 heteroatoms. The highest BCUT2D eigenvalue weighted by Gasteiger charge is 2.39. The van der Waals surface area contributed by atoms with Crippen LogP contribution in [0.4, 0.5) is 0 Å². The average molecular weight is 1240 g/mol. The summed E-state index contributed by atoms with van der Waals surface area (Å²) in [5.41, 5.74) is 12.2. The zero-order valence-corrected chi connectivity index (χ0v) is 50.8. The third-order valence-corrected chi connectivity index (χ3v) is 14.3. The maximum atomic E-state index is 14.6. The number of carboxylic acid groups (broad SMARTS) is 3. The lowest BCUT2D eigenvalue weighted by atomic mass is 9.96. The van der Waals surface area contributed by atoms with Gasteiger partial charge in [0.2, 0.25) is 59.1 Å². The van der Waals surface area contributed by atoms with E-state index in [1.165, 1.54) is 69.3 Å². The van der Waals surface area contributed by atoms with Crippen molar-refractivity contribution in [3.05, 3.63) is 59.7 Å². The van der Waals surface area contributed by atoms with E-state index in [1.807, 2.05) is 0 Å². The minimum Gasteiger partial charge on any atom is -0.508 e. The van der Waals surface area contributed by atoms with Crippen molar-refractivity contribution >= 4 is 77.0 Å². The van der Waals surface area contributed by atoms with Crippen LogP contribution in [0.3, 0.4) is 0 Å². The number of carbonyl (C=O) groups excluding carboxylic acids is 10. The maximum Gasteiger partial charge on any atom is 0.326 e.